The van der Waals surface area contributed by atoms with Crippen LogP contribution in [0.25, 0.3) is 0 Å². The molecule has 3 heterocycles. The van der Waals surface area contributed by atoms with E-state index >= 15 is 0 Å². The highest BCUT2D eigenvalue weighted by Gasteiger charge is 2.71. The first kappa shape index (κ1) is 19.6. The van der Waals surface area contributed by atoms with Gasteiger partial charge in [0, 0.05) is 0 Å². The Kier molecular flexibility index (Phi) is 3.96. The smallest absolute Gasteiger partial charge is 0.245 e. The Hall–Kier alpha value is -3.80. The van der Waals surface area contributed by atoms with Crippen molar-refractivity contribution in [2.45, 2.75) is 29.6 Å². The van der Waals surface area contributed by atoms with Gasteiger partial charge in [0.1, 0.15) is 23.0 Å². The van der Waals surface area contributed by atoms with Crippen LogP contribution < -0.4 is 0 Å². The van der Waals surface area contributed by atoms with Gasteiger partial charge in [0.05, 0.1) is 6.54 Å². The van der Waals surface area contributed by atoms with Gasteiger partial charge in [0.2, 0.25) is 11.8 Å². The SMILES string of the molecule is O=C1N(Cc2ccccc2)C(=O)[C@]23C=C[C@@H](OO[C@H]4C=C[C@@]12c1ccccc14)c1ccccc13. The highest BCUT2D eigenvalue weighted by atomic mass is 17.2. The summed E-state index contributed by atoms with van der Waals surface area (Å²) in [5.41, 5.74) is 1.70. The fourth-order valence-electron chi connectivity index (χ4n) is 6.17. The maximum Gasteiger partial charge on any atom is 0.245 e. The van der Waals surface area contributed by atoms with Crippen molar-refractivity contribution in [3.05, 3.63) is 131 Å². The number of imide groups is 1. The normalized spacial score (nSPS) is 30.3. The Bertz CT molecular complexity index is 1320. The zero-order chi connectivity index (χ0) is 22.9. The molecule has 0 N–H and O–H groups in total. The van der Waals surface area contributed by atoms with E-state index in [1.54, 1.807) is 0 Å². The van der Waals surface area contributed by atoms with Gasteiger partial charge < -0.3 is 0 Å². The maximum absolute atomic E-state index is 14.5. The van der Waals surface area contributed by atoms with E-state index in [2.05, 4.69) is 0 Å². The van der Waals surface area contributed by atoms with Gasteiger partial charge in [-0.1, -0.05) is 103 Å². The molecule has 4 atom stereocenters. The lowest BCUT2D eigenvalue weighted by molar-refractivity contribution is -0.339. The Labute approximate surface area is 196 Å². The molecule has 5 aliphatic rings. The minimum Gasteiger partial charge on any atom is -0.276 e. The molecule has 8 rings (SSSR count). The van der Waals surface area contributed by atoms with Crippen molar-refractivity contribution in [2.75, 3.05) is 0 Å². The second kappa shape index (κ2) is 6.86. The molecule has 0 unspecified atom stereocenters. The summed E-state index contributed by atoms with van der Waals surface area (Å²) in [6.45, 7) is 0.216. The topological polar surface area (TPSA) is 55.8 Å². The molecule has 0 saturated carbocycles. The van der Waals surface area contributed by atoms with Crippen LogP contribution in [-0.2, 0) is 36.7 Å². The second-order valence-corrected chi connectivity index (χ2v) is 9.22. The van der Waals surface area contributed by atoms with Crippen LogP contribution in [0.15, 0.2) is 103 Å². The molecule has 1 fully saturated rings. The molecule has 5 nitrogen and oxygen atoms in total. The van der Waals surface area contributed by atoms with Crippen molar-refractivity contribution in [2.24, 2.45) is 0 Å². The predicted octanol–water partition coefficient (Wildman–Crippen LogP) is 4.62. The predicted molar refractivity (Wildman–Crippen MR) is 124 cm³/mol. The average molecular weight is 447 g/mol. The third-order valence-corrected chi connectivity index (χ3v) is 7.66. The van der Waals surface area contributed by atoms with Crippen LogP contribution in [-0.4, -0.2) is 16.7 Å². The summed E-state index contributed by atoms with van der Waals surface area (Å²) >= 11 is 0. The molecule has 4 bridgehead atoms. The number of likely N-dealkylation sites (tertiary alicyclic amines) is 1. The number of amides is 2. The summed E-state index contributed by atoms with van der Waals surface area (Å²) in [7, 11) is 0. The second-order valence-electron chi connectivity index (χ2n) is 9.22. The van der Waals surface area contributed by atoms with Crippen molar-refractivity contribution in [1.29, 1.82) is 0 Å². The number of carbonyl (C=O) groups excluding carboxylic acids is 2. The molecule has 0 aromatic heterocycles. The van der Waals surface area contributed by atoms with E-state index in [1.165, 1.54) is 4.90 Å². The summed E-state index contributed by atoms with van der Waals surface area (Å²) in [6.07, 6.45) is 6.54. The van der Waals surface area contributed by atoms with Gasteiger partial charge in [-0.25, -0.2) is 9.78 Å². The molecule has 0 radical (unpaired) electrons. The van der Waals surface area contributed by atoms with Crippen LogP contribution in [0.3, 0.4) is 0 Å². The Morgan fingerprint density at radius 3 is 1.65 bits per heavy atom. The third kappa shape index (κ3) is 2.25. The van der Waals surface area contributed by atoms with Crippen LogP contribution in [0, 0.1) is 0 Å². The van der Waals surface area contributed by atoms with Gasteiger partial charge in [-0.05, 0) is 27.8 Å². The molecular weight excluding hydrogens is 426 g/mol. The minimum atomic E-state index is -1.22. The summed E-state index contributed by atoms with van der Waals surface area (Å²) < 4.78 is 0. The first-order valence-corrected chi connectivity index (χ1v) is 11.5. The first-order chi connectivity index (χ1) is 16.7. The van der Waals surface area contributed by atoms with Gasteiger partial charge in [-0.15, -0.1) is 0 Å². The third-order valence-electron chi connectivity index (χ3n) is 7.66. The Morgan fingerprint density at radius 2 is 1.12 bits per heavy atom. The van der Waals surface area contributed by atoms with Crippen LogP contribution in [0.4, 0.5) is 0 Å². The van der Waals surface area contributed by atoms with Gasteiger partial charge in [-0.2, -0.15) is 0 Å². The standard InChI is InChI=1S/C29H21NO4/c31-26-28-16-14-24(20-10-4-6-12-22(20)28)33-34-25-15-17-29(28,23-13-7-5-11-21(23)25)27(32)30(26)18-19-8-2-1-3-9-19/h1-17,24-25H,18H2/t24-,25+,28-,29-/m1/s1. The van der Waals surface area contributed by atoms with Crippen molar-refractivity contribution in [3.63, 3.8) is 0 Å². The average Bonchev–Trinajstić information content (AvgIpc) is 3.06. The fourth-order valence-corrected chi connectivity index (χ4v) is 6.17. The molecule has 2 amide bonds. The lowest BCUT2D eigenvalue weighted by atomic mass is 9.53. The van der Waals surface area contributed by atoms with E-state index in [0.717, 1.165) is 27.8 Å². The van der Waals surface area contributed by atoms with Gasteiger partial charge in [-0.3, -0.25) is 14.5 Å². The molecular formula is C29H21NO4. The zero-order valence-corrected chi connectivity index (χ0v) is 18.3. The fraction of sp³-hybridized carbons (Fsp3) is 0.172. The first-order valence-electron chi connectivity index (χ1n) is 11.5. The summed E-state index contributed by atoms with van der Waals surface area (Å²) in [4.78, 5) is 42.2. The number of nitrogens with zero attached hydrogens (tertiary/aromatic N) is 1. The summed E-state index contributed by atoms with van der Waals surface area (Å²) in [6, 6.07) is 25.1. The van der Waals surface area contributed by atoms with E-state index < -0.39 is 23.0 Å². The molecule has 3 aliphatic heterocycles. The van der Waals surface area contributed by atoms with Crippen molar-refractivity contribution in [1.82, 2.24) is 4.90 Å². The van der Waals surface area contributed by atoms with Crippen LogP contribution >= 0.6 is 0 Å². The monoisotopic (exact) mass is 447 g/mol. The lowest BCUT2D eigenvalue weighted by Gasteiger charge is -2.46. The highest BCUT2D eigenvalue weighted by Crippen LogP contribution is 2.60. The largest absolute Gasteiger partial charge is 0.276 e. The van der Waals surface area contributed by atoms with Gasteiger partial charge in [0.15, 0.2) is 0 Å². The Morgan fingerprint density at radius 1 is 0.647 bits per heavy atom. The molecule has 1 saturated heterocycles. The number of hydrogen-bond donors (Lipinski definition) is 0. The molecule has 3 aromatic rings. The number of rotatable bonds is 2. The number of hydrogen-bond acceptors (Lipinski definition) is 4. The molecule has 166 valence electrons. The lowest BCUT2D eigenvalue weighted by Crippen LogP contribution is -2.53. The Balaban J connectivity index is 1.56. The van der Waals surface area contributed by atoms with Crippen molar-refractivity contribution < 1.29 is 19.4 Å². The number of fused-ring (bicyclic) bond motifs is 2. The minimum absolute atomic E-state index is 0.216. The molecule has 2 spiro atoms. The molecule has 34 heavy (non-hydrogen) atoms. The van der Waals surface area contributed by atoms with E-state index in [1.807, 2.05) is 103 Å². The number of benzene rings is 3. The van der Waals surface area contributed by atoms with Crippen molar-refractivity contribution >= 4 is 11.8 Å². The summed E-state index contributed by atoms with van der Waals surface area (Å²) in [5.74, 6) is -0.439. The van der Waals surface area contributed by atoms with E-state index in [4.69, 9.17) is 9.78 Å². The van der Waals surface area contributed by atoms with Crippen LogP contribution in [0.2, 0.25) is 0 Å². The summed E-state index contributed by atoms with van der Waals surface area (Å²) in [5, 5.41) is 0. The molecule has 2 aliphatic carbocycles. The molecule has 3 aromatic carbocycles. The van der Waals surface area contributed by atoms with E-state index in [0.29, 0.717) is 0 Å². The van der Waals surface area contributed by atoms with Crippen LogP contribution in [0.1, 0.15) is 40.0 Å². The highest BCUT2D eigenvalue weighted by molar-refractivity contribution is 6.18. The maximum atomic E-state index is 14.5. The van der Waals surface area contributed by atoms with E-state index in [-0.39, 0.29) is 18.4 Å². The quantitative estimate of drug-likeness (QED) is 0.327. The molecule has 5 heteroatoms. The van der Waals surface area contributed by atoms with Crippen LogP contribution in [0.5, 0.6) is 0 Å². The van der Waals surface area contributed by atoms with Gasteiger partial charge in [0.25, 0.3) is 0 Å². The number of carbonyl (C=O) groups is 2. The zero-order valence-electron chi connectivity index (χ0n) is 18.3. The van der Waals surface area contributed by atoms with Crippen molar-refractivity contribution in [3.8, 4) is 0 Å². The van der Waals surface area contributed by atoms with E-state index in [9.17, 15) is 9.59 Å². The van der Waals surface area contributed by atoms with Gasteiger partial charge >= 0.3 is 0 Å².